The van der Waals surface area contributed by atoms with Crippen LogP contribution < -0.4 is 10.1 Å². The predicted molar refractivity (Wildman–Crippen MR) is 85.9 cm³/mol. The van der Waals surface area contributed by atoms with Gasteiger partial charge in [-0.3, -0.25) is 10.1 Å². The third kappa shape index (κ3) is 3.72. The van der Waals surface area contributed by atoms with Gasteiger partial charge in [-0.05, 0) is 36.2 Å². The number of nitrogens with one attached hydrogen (secondary N) is 1. The van der Waals surface area contributed by atoms with Crippen molar-refractivity contribution in [3.63, 3.8) is 0 Å². The zero-order chi connectivity index (χ0) is 15.4. The summed E-state index contributed by atoms with van der Waals surface area (Å²) in [5, 5.41) is 14.2. The zero-order valence-electron chi connectivity index (χ0n) is 11.7. The molecule has 0 radical (unpaired) electrons. The fraction of sp³-hybridized carbons (Fsp3) is 0.200. The maximum atomic E-state index is 11.0. The van der Waals surface area contributed by atoms with Crippen molar-refractivity contribution < 1.29 is 9.66 Å². The molecule has 5 nitrogen and oxygen atoms in total. The van der Waals surface area contributed by atoms with Crippen LogP contribution in [0.5, 0.6) is 5.75 Å². The van der Waals surface area contributed by atoms with E-state index in [1.807, 2.05) is 19.1 Å². The van der Waals surface area contributed by atoms with Crippen LogP contribution in [0.2, 0.25) is 0 Å². The van der Waals surface area contributed by atoms with Crippen molar-refractivity contribution in [1.82, 2.24) is 0 Å². The lowest BCUT2D eigenvalue weighted by atomic mass is 10.1. The topological polar surface area (TPSA) is 64.4 Å². The molecule has 0 unspecified atom stereocenters. The van der Waals surface area contributed by atoms with E-state index in [1.165, 1.54) is 13.2 Å². The van der Waals surface area contributed by atoms with Crippen molar-refractivity contribution in [2.75, 3.05) is 12.4 Å². The van der Waals surface area contributed by atoms with Crippen LogP contribution in [0.3, 0.4) is 0 Å². The van der Waals surface area contributed by atoms with Gasteiger partial charge in [0.05, 0.1) is 12.0 Å². The Labute approximate surface area is 131 Å². The number of anilines is 1. The predicted octanol–water partition coefficient (Wildman–Crippen LogP) is 4.29. The van der Waals surface area contributed by atoms with Crippen LogP contribution in [-0.2, 0) is 6.54 Å². The summed E-state index contributed by atoms with van der Waals surface area (Å²) in [5.74, 6) is 0.255. The summed E-state index contributed by atoms with van der Waals surface area (Å²) >= 11 is 3.46. The quantitative estimate of drug-likeness (QED) is 0.645. The highest BCUT2D eigenvalue weighted by Crippen LogP contribution is 2.29. The Kier molecular flexibility index (Phi) is 4.80. The second-order valence-electron chi connectivity index (χ2n) is 4.58. The highest BCUT2D eigenvalue weighted by Gasteiger charge is 2.14. The van der Waals surface area contributed by atoms with E-state index in [-0.39, 0.29) is 11.4 Å². The summed E-state index contributed by atoms with van der Waals surface area (Å²) in [7, 11) is 1.42. The van der Waals surface area contributed by atoms with Crippen molar-refractivity contribution in [3.05, 3.63) is 62.1 Å². The number of aryl methyl sites for hydroxylation is 1. The summed E-state index contributed by atoms with van der Waals surface area (Å²) in [6.45, 7) is 2.61. The van der Waals surface area contributed by atoms with Gasteiger partial charge in [-0.2, -0.15) is 0 Å². The fourth-order valence-electron chi connectivity index (χ4n) is 1.96. The van der Waals surface area contributed by atoms with Gasteiger partial charge in [0.1, 0.15) is 0 Å². The van der Waals surface area contributed by atoms with Gasteiger partial charge in [-0.25, -0.2) is 0 Å². The fourth-order valence-corrected chi connectivity index (χ4v) is 2.21. The third-order valence-electron chi connectivity index (χ3n) is 3.09. The smallest absolute Gasteiger partial charge is 0.312 e. The minimum atomic E-state index is -0.451. The first kappa shape index (κ1) is 15.3. The molecule has 2 aromatic carbocycles. The first-order valence-electron chi connectivity index (χ1n) is 6.32. The second-order valence-corrected chi connectivity index (χ2v) is 5.44. The van der Waals surface area contributed by atoms with Gasteiger partial charge in [0.25, 0.3) is 0 Å². The summed E-state index contributed by atoms with van der Waals surface area (Å²) in [6.07, 6.45) is 0. The van der Waals surface area contributed by atoms with E-state index < -0.39 is 4.92 Å². The summed E-state index contributed by atoms with van der Waals surface area (Å²) in [6, 6.07) is 10.9. The van der Waals surface area contributed by atoms with Crippen LogP contribution in [0, 0.1) is 17.0 Å². The minimum Gasteiger partial charge on any atom is -0.490 e. The average Bonchev–Trinajstić information content (AvgIpc) is 2.48. The summed E-state index contributed by atoms with van der Waals surface area (Å²) in [4.78, 5) is 10.5. The van der Waals surface area contributed by atoms with Gasteiger partial charge < -0.3 is 10.1 Å². The zero-order valence-corrected chi connectivity index (χ0v) is 13.3. The lowest BCUT2D eigenvalue weighted by molar-refractivity contribution is -0.385. The monoisotopic (exact) mass is 350 g/mol. The van der Waals surface area contributed by atoms with E-state index in [2.05, 4.69) is 27.3 Å². The summed E-state index contributed by atoms with van der Waals surface area (Å²) < 4.78 is 6.04. The largest absolute Gasteiger partial charge is 0.490 e. The molecule has 2 rings (SSSR count). The number of rotatable bonds is 5. The molecule has 6 heteroatoms. The highest BCUT2D eigenvalue weighted by molar-refractivity contribution is 9.10. The Morgan fingerprint density at radius 3 is 2.67 bits per heavy atom. The van der Waals surface area contributed by atoms with Crippen LogP contribution in [0.1, 0.15) is 11.1 Å². The molecule has 2 aromatic rings. The van der Waals surface area contributed by atoms with E-state index in [0.717, 1.165) is 15.6 Å². The summed E-state index contributed by atoms with van der Waals surface area (Å²) in [5.41, 5.74) is 2.89. The van der Waals surface area contributed by atoms with E-state index in [9.17, 15) is 10.1 Å². The number of methoxy groups -OCH3 is 1. The molecule has 0 aliphatic rings. The number of hydrogen-bond acceptors (Lipinski definition) is 4. The molecule has 1 N–H and O–H groups in total. The van der Waals surface area contributed by atoms with Crippen molar-refractivity contribution in [1.29, 1.82) is 0 Å². The number of nitrogens with zero attached hydrogens (tertiary/aromatic N) is 1. The Morgan fingerprint density at radius 2 is 2.05 bits per heavy atom. The first-order valence-corrected chi connectivity index (χ1v) is 7.12. The highest BCUT2D eigenvalue weighted by atomic mass is 79.9. The van der Waals surface area contributed by atoms with Crippen LogP contribution in [0.4, 0.5) is 11.4 Å². The SMILES string of the molecule is COc1ccc(NCc2ccc(Br)c(C)c2)cc1[N+](=O)[O-]. The maximum Gasteiger partial charge on any atom is 0.312 e. The van der Waals surface area contributed by atoms with Crippen LogP contribution in [-0.4, -0.2) is 12.0 Å². The standard InChI is InChI=1S/C15H15BrN2O3/c1-10-7-11(3-5-13(10)16)9-17-12-4-6-15(21-2)14(8-12)18(19)20/h3-8,17H,9H2,1-2H3. The number of hydrogen-bond donors (Lipinski definition) is 1. The number of benzene rings is 2. The average molecular weight is 351 g/mol. The Balaban J connectivity index is 2.14. The molecule has 0 amide bonds. The molecule has 0 aromatic heterocycles. The second kappa shape index (κ2) is 6.58. The van der Waals surface area contributed by atoms with Crippen molar-refractivity contribution in [3.8, 4) is 5.75 Å². The number of nitro benzene ring substituents is 1. The van der Waals surface area contributed by atoms with Gasteiger partial charge in [-0.15, -0.1) is 0 Å². The van der Waals surface area contributed by atoms with Gasteiger partial charge in [0.2, 0.25) is 0 Å². The lowest BCUT2D eigenvalue weighted by Gasteiger charge is -2.09. The molecule has 0 heterocycles. The Bertz CT molecular complexity index is 674. The molecule has 0 atom stereocenters. The molecular formula is C15H15BrN2O3. The minimum absolute atomic E-state index is 0.0468. The molecule has 21 heavy (non-hydrogen) atoms. The van der Waals surface area contributed by atoms with E-state index >= 15 is 0 Å². The first-order chi connectivity index (χ1) is 10.0. The van der Waals surface area contributed by atoms with E-state index in [0.29, 0.717) is 12.2 Å². The molecule has 110 valence electrons. The lowest BCUT2D eigenvalue weighted by Crippen LogP contribution is -2.01. The number of nitro groups is 1. The maximum absolute atomic E-state index is 11.0. The van der Waals surface area contributed by atoms with Crippen LogP contribution in [0.15, 0.2) is 40.9 Å². The third-order valence-corrected chi connectivity index (χ3v) is 3.98. The number of ether oxygens (including phenoxy) is 1. The van der Waals surface area contributed by atoms with Crippen LogP contribution in [0.25, 0.3) is 0 Å². The van der Waals surface area contributed by atoms with Crippen molar-refractivity contribution in [2.45, 2.75) is 13.5 Å². The molecule has 0 saturated carbocycles. The Morgan fingerprint density at radius 1 is 1.29 bits per heavy atom. The van der Waals surface area contributed by atoms with Gasteiger partial charge in [-0.1, -0.05) is 28.1 Å². The molecule has 0 fully saturated rings. The molecule has 0 aliphatic carbocycles. The van der Waals surface area contributed by atoms with Crippen LogP contribution >= 0.6 is 15.9 Å². The number of halogens is 1. The van der Waals surface area contributed by atoms with Crippen molar-refractivity contribution in [2.24, 2.45) is 0 Å². The van der Waals surface area contributed by atoms with Gasteiger partial charge in [0.15, 0.2) is 5.75 Å². The van der Waals surface area contributed by atoms with E-state index in [4.69, 9.17) is 4.74 Å². The molecular weight excluding hydrogens is 336 g/mol. The molecule has 0 aliphatic heterocycles. The van der Waals surface area contributed by atoms with Crippen molar-refractivity contribution >= 4 is 27.3 Å². The molecule has 0 saturated heterocycles. The molecule has 0 spiro atoms. The Hall–Kier alpha value is -2.08. The normalized spacial score (nSPS) is 10.2. The van der Waals surface area contributed by atoms with E-state index in [1.54, 1.807) is 12.1 Å². The van der Waals surface area contributed by atoms with Gasteiger partial charge >= 0.3 is 5.69 Å². The van der Waals surface area contributed by atoms with Gasteiger partial charge in [0, 0.05) is 22.8 Å². The molecule has 0 bridgehead atoms.